The monoisotopic (exact) mass is 306 g/mol. The van der Waals surface area contributed by atoms with Gasteiger partial charge in [0.2, 0.25) is 0 Å². The fraction of sp³-hybridized carbons (Fsp3) is 0.222. The second-order valence-electron chi connectivity index (χ2n) is 2.92. The van der Waals surface area contributed by atoms with Gasteiger partial charge in [-0.1, -0.05) is 12.2 Å². The molecular formula is C9H11IN2S. The topological polar surface area (TPSA) is 29.3 Å². The smallest absolute Gasteiger partial charge is 0.104 e. The van der Waals surface area contributed by atoms with Gasteiger partial charge in [-0.25, -0.2) is 0 Å². The van der Waals surface area contributed by atoms with Crippen LogP contribution in [0.15, 0.2) is 18.2 Å². The van der Waals surface area contributed by atoms with Crippen LogP contribution in [0.1, 0.15) is 5.56 Å². The number of hydrogen-bond donors (Lipinski definition) is 1. The minimum absolute atomic E-state index is 0.447. The molecule has 0 bridgehead atoms. The van der Waals surface area contributed by atoms with E-state index in [2.05, 4.69) is 27.5 Å². The summed E-state index contributed by atoms with van der Waals surface area (Å²) in [5.74, 6) is 0. The number of nitrogens with two attached hydrogens (primary N) is 1. The van der Waals surface area contributed by atoms with Gasteiger partial charge in [0.05, 0.1) is 0 Å². The molecule has 0 spiro atoms. The molecule has 0 atom stereocenters. The molecule has 1 aromatic rings. The Morgan fingerprint density at radius 2 is 2.08 bits per heavy atom. The molecule has 0 aliphatic heterocycles. The van der Waals surface area contributed by atoms with Crippen molar-refractivity contribution >= 4 is 45.5 Å². The summed E-state index contributed by atoms with van der Waals surface area (Å²) in [5, 5.41) is 0. The van der Waals surface area contributed by atoms with Crippen LogP contribution in [-0.2, 0) is 0 Å². The lowest BCUT2D eigenvalue weighted by molar-refractivity contribution is 1.12. The molecule has 0 aliphatic carbocycles. The van der Waals surface area contributed by atoms with Crippen molar-refractivity contribution in [2.75, 3.05) is 19.0 Å². The molecule has 70 valence electrons. The van der Waals surface area contributed by atoms with Gasteiger partial charge in [0.1, 0.15) is 4.99 Å². The van der Waals surface area contributed by atoms with E-state index in [4.69, 9.17) is 18.0 Å². The fourth-order valence-electron chi connectivity index (χ4n) is 1.02. The molecular weight excluding hydrogens is 295 g/mol. The summed E-state index contributed by atoms with van der Waals surface area (Å²) in [6, 6.07) is 5.97. The first-order chi connectivity index (χ1) is 6.02. The molecule has 0 saturated heterocycles. The van der Waals surface area contributed by atoms with Crippen molar-refractivity contribution in [3.8, 4) is 0 Å². The van der Waals surface area contributed by atoms with Crippen LogP contribution < -0.4 is 10.6 Å². The maximum atomic E-state index is 5.52. The zero-order valence-electron chi connectivity index (χ0n) is 7.54. The number of anilines is 1. The number of halogens is 1. The van der Waals surface area contributed by atoms with E-state index in [0.29, 0.717) is 4.99 Å². The molecule has 4 heteroatoms. The summed E-state index contributed by atoms with van der Waals surface area (Å²) in [7, 11) is 4.02. The lowest BCUT2D eigenvalue weighted by Crippen LogP contribution is -2.13. The van der Waals surface area contributed by atoms with Crippen LogP contribution in [0, 0.1) is 3.57 Å². The van der Waals surface area contributed by atoms with Crippen LogP contribution >= 0.6 is 34.8 Å². The minimum atomic E-state index is 0.447. The highest BCUT2D eigenvalue weighted by atomic mass is 127. The summed E-state index contributed by atoms with van der Waals surface area (Å²) in [6.45, 7) is 0. The van der Waals surface area contributed by atoms with Crippen molar-refractivity contribution in [1.29, 1.82) is 0 Å². The van der Waals surface area contributed by atoms with Gasteiger partial charge in [-0.3, -0.25) is 0 Å². The van der Waals surface area contributed by atoms with Crippen molar-refractivity contribution in [3.63, 3.8) is 0 Å². The van der Waals surface area contributed by atoms with Crippen LogP contribution in [0.2, 0.25) is 0 Å². The molecule has 0 saturated carbocycles. The lowest BCUT2D eigenvalue weighted by atomic mass is 10.2. The molecule has 0 amide bonds. The van der Waals surface area contributed by atoms with Crippen LogP contribution in [0.5, 0.6) is 0 Å². The van der Waals surface area contributed by atoms with Gasteiger partial charge in [0.15, 0.2) is 0 Å². The predicted octanol–water partition coefficient (Wildman–Crippen LogP) is 1.99. The number of hydrogen-bond acceptors (Lipinski definition) is 2. The van der Waals surface area contributed by atoms with Crippen molar-refractivity contribution < 1.29 is 0 Å². The highest BCUT2D eigenvalue weighted by Gasteiger charge is 2.03. The summed E-state index contributed by atoms with van der Waals surface area (Å²) in [4.78, 5) is 2.51. The second kappa shape index (κ2) is 4.23. The molecule has 0 aromatic heterocycles. The number of rotatable bonds is 2. The predicted molar refractivity (Wildman–Crippen MR) is 69.4 cm³/mol. The van der Waals surface area contributed by atoms with Crippen LogP contribution in [0.25, 0.3) is 0 Å². The van der Waals surface area contributed by atoms with Crippen LogP contribution in [-0.4, -0.2) is 19.1 Å². The number of nitrogens with zero attached hydrogens (tertiary/aromatic N) is 1. The Bertz CT molecular complexity index is 336. The van der Waals surface area contributed by atoms with E-state index >= 15 is 0 Å². The van der Waals surface area contributed by atoms with Crippen LogP contribution in [0.4, 0.5) is 5.69 Å². The quantitative estimate of drug-likeness (QED) is 0.669. The summed E-state index contributed by atoms with van der Waals surface area (Å²) < 4.78 is 1.16. The van der Waals surface area contributed by atoms with E-state index in [1.54, 1.807) is 0 Å². The third-order valence-electron chi connectivity index (χ3n) is 1.71. The Labute approximate surface area is 97.2 Å². The maximum Gasteiger partial charge on any atom is 0.104 e. The molecule has 1 aromatic carbocycles. The Morgan fingerprint density at radius 1 is 1.46 bits per heavy atom. The van der Waals surface area contributed by atoms with Gasteiger partial charge >= 0.3 is 0 Å². The van der Waals surface area contributed by atoms with Crippen molar-refractivity contribution in [1.82, 2.24) is 0 Å². The SMILES string of the molecule is CN(C)c1ccc(C(N)=S)cc1I. The molecule has 0 fully saturated rings. The largest absolute Gasteiger partial charge is 0.389 e. The lowest BCUT2D eigenvalue weighted by Gasteiger charge is -2.15. The molecule has 13 heavy (non-hydrogen) atoms. The highest BCUT2D eigenvalue weighted by molar-refractivity contribution is 14.1. The second-order valence-corrected chi connectivity index (χ2v) is 4.53. The van der Waals surface area contributed by atoms with E-state index in [0.717, 1.165) is 9.13 Å². The van der Waals surface area contributed by atoms with Crippen molar-refractivity contribution in [2.24, 2.45) is 5.73 Å². The first-order valence-corrected chi connectivity index (χ1v) is 5.27. The van der Waals surface area contributed by atoms with Gasteiger partial charge in [-0.05, 0) is 40.8 Å². The Morgan fingerprint density at radius 3 is 2.46 bits per heavy atom. The standard InChI is InChI=1S/C9H11IN2S/c1-12(2)8-4-3-6(9(11)13)5-7(8)10/h3-5H,1-2H3,(H2,11,13). The number of thiocarbonyl (C=S) groups is 1. The summed E-state index contributed by atoms with van der Waals surface area (Å²) >= 11 is 7.17. The average molecular weight is 306 g/mol. The maximum absolute atomic E-state index is 5.52. The normalized spacial score (nSPS) is 9.77. The van der Waals surface area contributed by atoms with Gasteiger partial charge in [-0.2, -0.15) is 0 Å². The van der Waals surface area contributed by atoms with Gasteiger partial charge in [0, 0.05) is 28.9 Å². The highest BCUT2D eigenvalue weighted by Crippen LogP contribution is 2.21. The third-order valence-corrected chi connectivity index (χ3v) is 2.81. The Hall–Kier alpha value is -0.360. The zero-order valence-corrected chi connectivity index (χ0v) is 10.5. The fourth-order valence-corrected chi connectivity index (χ4v) is 2.15. The molecule has 2 nitrogen and oxygen atoms in total. The van der Waals surface area contributed by atoms with Gasteiger partial charge in [0.25, 0.3) is 0 Å². The van der Waals surface area contributed by atoms with E-state index < -0.39 is 0 Å². The zero-order chi connectivity index (χ0) is 10.0. The van der Waals surface area contributed by atoms with Gasteiger partial charge < -0.3 is 10.6 Å². The Balaban J connectivity index is 3.13. The van der Waals surface area contributed by atoms with E-state index in [9.17, 15) is 0 Å². The van der Waals surface area contributed by atoms with Gasteiger partial charge in [-0.15, -0.1) is 0 Å². The van der Waals surface area contributed by atoms with E-state index in [-0.39, 0.29) is 0 Å². The first kappa shape index (κ1) is 10.7. The van der Waals surface area contributed by atoms with E-state index in [1.165, 1.54) is 5.69 Å². The molecule has 0 heterocycles. The molecule has 0 aliphatic rings. The Kier molecular flexibility index (Phi) is 3.49. The third kappa shape index (κ3) is 2.54. The number of benzene rings is 1. The molecule has 0 radical (unpaired) electrons. The molecule has 0 unspecified atom stereocenters. The summed E-state index contributed by atoms with van der Waals surface area (Å²) in [5.41, 5.74) is 7.63. The molecule has 1 rings (SSSR count). The van der Waals surface area contributed by atoms with Crippen molar-refractivity contribution in [3.05, 3.63) is 27.3 Å². The molecule has 2 N–H and O–H groups in total. The minimum Gasteiger partial charge on any atom is -0.389 e. The average Bonchev–Trinajstić information content (AvgIpc) is 2.03. The van der Waals surface area contributed by atoms with Crippen molar-refractivity contribution in [2.45, 2.75) is 0 Å². The van der Waals surface area contributed by atoms with E-state index in [1.807, 2.05) is 32.3 Å². The first-order valence-electron chi connectivity index (χ1n) is 3.79. The van der Waals surface area contributed by atoms with Crippen LogP contribution in [0.3, 0.4) is 0 Å². The summed E-state index contributed by atoms with van der Waals surface area (Å²) in [6.07, 6.45) is 0.